The van der Waals surface area contributed by atoms with Gasteiger partial charge in [0.1, 0.15) is 12.4 Å². The first-order valence-corrected chi connectivity index (χ1v) is 11.6. The Hall–Kier alpha value is -3.01. The number of pyridine rings is 1. The van der Waals surface area contributed by atoms with Crippen molar-refractivity contribution in [2.45, 2.75) is 44.0 Å². The van der Waals surface area contributed by atoms with E-state index < -0.39 is 11.9 Å². The molecule has 2 fully saturated rings. The number of para-hydroxylation sites is 1. The molecule has 0 bridgehead atoms. The SMILES string of the molecule is Nc1ccc(NC2CCC(OCC(=O)N3CCN(c4ccccc4)CC3)CC2)nc1C(F)(F)F. The number of ether oxygens (including phenoxy) is 1. The fraction of sp³-hybridized carbons (Fsp3) is 0.500. The van der Waals surface area contributed by atoms with Gasteiger partial charge >= 0.3 is 6.18 Å². The van der Waals surface area contributed by atoms with E-state index in [0.717, 1.165) is 38.8 Å². The molecule has 2 aromatic rings. The number of aromatic nitrogens is 1. The Bertz CT molecular complexity index is 957. The van der Waals surface area contributed by atoms with Crippen molar-refractivity contribution < 1.29 is 22.7 Å². The lowest BCUT2D eigenvalue weighted by molar-refractivity contribution is -0.140. The highest BCUT2D eigenvalue weighted by Crippen LogP contribution is 2.33. The molecule has 0 spiro atoms. The summed E-state index contributed by atoms with van der Waals surface area (Å²) in [7, 11) is 0. The molecule has 3 N–H and O–H groups in total. The highest BCUT2D eigenvalue weighted by atomic mass is 19.4. The third kappa shape index (κ3) is 6.11. The summed E-state index contributed by atoms with van der Waals surface area (Å²) in [5, 5.41) is 3.07. The molecule has 2 aliphatic rings. The van der Waals surface area contributed by atoms with Crippen molar-refractivity contribution in [1.82, 2.24) is 9.88 Å². The minimum absolute atomic E-state index is 0.00109. The number of nitrogens with zero attached hydrogens (tertiary/aromatic N) is 3. The van der Waals surface area contributed by atoms with Gasteiger partial charge in [0.25, 0.3) is 0 Å². The van der Waals surface area contributed by atoms with E-state index in [4.69, 9.17) is 10.5 Å². The number of carbonyl (C=O) groups excluding carboxylic acids is 1. The molecule has 1 aromatic heterocycles. The maximum Gasteiger partial charge on any atom is 0.435 e. The van der Waals surface area contributed by atoms with Gasteiger partial charge in [-0.1, -0.05) is 18.2 Å². The van der Waals surface area contributed by atoms with Gasteiger partial charge in [-0.3, -0.25) is 4.79 Å². The van der Waals surface area contributed by atoms with E-state index in [1.165, 1.54) is 17.8 Å². The molecule has 7 nitrogen and oxygen atoms in total. The number of nitrogen functional groups attached to an aromatic ring is 1. The zero-order valence-corrected chi connectivity index (χ0v) is 18.9. The number of amides is 1. The third-order valence-corrected chi connectivity index (χ3v) is 6.42. The van der Waals surface area contributed by atoms with Crippen molar-refractivity contribution in [2.75, 3.05) is 48.7 Å². The molecule has 34 heavy (non-hydrogen) atoms. The maximum absolute atomic E-state index is 13.0. The Morgan fingerprint density at radius 3 is 2.35 bits per heavy atom. The summed E-state index contributed by atoms with van der Waals surface area (Å²) in [5.74, 6) is 0.162. The van der Waals surface area contributed by atoms with E-state index in [0.29, 0.717) is 13.1 Å². The van der Waals surface area contributed by atoms with Crippen molar-refractivity contribution in [3.63, 3.8) is 0 Å². The van der Waals surface area contributed by atoms with Crippen LogP contribution in [0.4, 0.5) is 30.4 Å². The van der Waals surface area contributed by atoms with Gasteiger partial charge in [0.15, 0.2) is 5.69 Å². The van der Waals surface area contributed by atoms with Crippen LogP contribution in [0.25, 0.3) is 0 Å². The Balaban J connectivity index is 1.18. The molecule has 1 amide bonds. The van der Waals surface area contributed by atoms with Gasteiger partial charge in [0.2, 0.25) is 5.91 Å². The normalized spacial score (nSPS) is 21.4. The smallest absolute Gasteiger partial charge is 0.397 e. The monoisotopic (exact) mass is 477 g/mol. The van der Waals surface area contributed by atoms with Crippen LogP contribution in [0.2, 0.25) is 0 Å². The zero-order chi connectivity index (χ0) is 24.1. The van der Waals surface area contributed by atoms with Gasteiger partial charge in [0.05, 0.1) is 11.8 Å². The molecule has 1 aliphatic carbocycles. The molecule has 1 saturated heterocycles. The molecule has 4 rings (SSSR count). The average Bonchev–Trinajstić information content (AvgIpc) is 2.84. The summed E-state index contributed by atoms with van der Waals surface area (Å²) in [6.45, 7) is 2.98. The van der Waals surface area contributed by atoms with Crippen LogP contribution in [0.1, 0.15) is 31.4 Å². The van der Waals surface area contributed by atoms with Crippen LogP contribution >= 0.6 is 0 Å². The number of carbonyl (C=O) groups is 1. The highest BCUT2D eigenvalue weighted by Gasteiger charge is 2.35. The maximum atomic E-state index is 13.0. The molecule has 2 heterocycles. The van der Waals surface area contributed by atoms with E-state index in [1.54, 1.807) is 0 Å². The van der Waals surface area contributed by atoms with Crippen LogP contribution < -0.4 is 16.0 Å². The van der Waals surface area contributed by atoms with E-state index in [1.807, 2.05) is 23.1 Å². The molecule has 1 saturated carbocycles. The Morgan fingerprint density at radius 1 is 1.03 bits per heavy atom. The largest absolute Gasteiger partial charge is 0.435 e. The average molecular weight is 478 g/mol. The molecule has 1 aliphatic heterocycles. The minimum Gasteiger partial charge on any atom is -0.397 e. The topological polar surface area (TPSA) is 83.7 Å². The van der Waals surface area contributed by atoms with Crippen molar-refractivity contribution in [3.05, 3.63) is 48.2 Å². The van der Waals surface area contributed by atoms with Crippen LogP contribution in [-0.2, 0) is 15.7 Å². The molecule has 0 radical (unpaired) electrons. The van der Waals surface area contributed by atoms with Gasteiger partial charge in [-0.2, -0.15) is 13.2 Å². The summed E-state index contributed by atoms with van der Waals surface area (Å²) in [5.41, 5.74) is 5.12. The number of halogens is 3. The van der Waals surface area contributed by atoms with Crippen LogP contribution in [0.3, 0.4) is 0 Å². The van der Waals surface area contributed by atoms with Gasteiger partial charge in [-0.15, -0.1) is 0 Å². The molecule has 1 aromatic carbocycles. The van der Waals surface area contributed by atoms with E-state index in [2.05, 4.69) is 27.3 Å². The first-order chi connectivity index (χ1) is 16.3. The third-order valence-electron chi connectivity index (χ3n) is 6.42. The van der Waals surface area contributed by atoms with E-state index in [9.17, 15) is 18.0 Å². The predicted octanol–water partition coefficient (Wildman–Crippen LogP) is 3.77. The van der Waals surface area contributed by atoms with Crippen LogP contribution in [0, 0.1) is 0 Å². The number of anilines is 3. The van der Waals surface area contributed by atoms with Crippen LogP contribution in [-0.4, -0.2) is 60.7 Å². The quantitative estimate of drug-likeness (QED) is 0.659. The lowest BCUT2D eigenvalue weighted by Crippen LogP contribution is -2.50. The standard InChI is InChI=1S/C24H30F3N5O2/c25-24(26,27)23-20(28)10-11-21(30-23)29-17-6-8-19(9-7-17)34-16-22(33)32-14-12-31(13-15-32)18-4-2-1-3-5-18/h1-5,10-11,17,19H,6-9,12-16,28H2,(H,29,30). The molecular weight excluding hydrogens is 447 g/mol. The second-order valence-corrected chi connectivity index (χ2v) is 8.76. The van der Waals surface area contributed by atoms with Gasteiger partial charge in [-0.05, 0) is 49.9 Å². The minimum atomic E-state index is -4.59. The number of alkyl halides is 3. The molecular formula is C24H30F3N5O2. The number of hydrogen-bond acceptors (Lipinski definition) is 6. The zero-order valence-electron chi connectivity index (χ0n) is 18.9. The lowest BCUT2D eigenvalue weighted by atomic mass is 9.93. The second-order valence-electron chi connectivity index (χ2n) is 8.76. The Morgan fingerprint density at radius 2 is 1.71 bits per heavy atom. The number of piperazine rings is 1. The van der Waals surface area contributed by atoms with Crippen molar-refractivity contribution in [2.24, 2.45) is 0 Å². The second kappa shape index (κ2) is 10.5. The van der Waals surface area contributed by atoms with Crippen molar-refractivity contribution in [3.8, 4) is 0 Å². The molecule has 0 atom stereocenters. The molecule has 0 unspecified atom stereocenters. The van der Waals surface area contributed by atoms with Crippen LogP contribution in [0.5, 0.6) is 0 Å². The highest BCUT2D eigenvalue weighted by molar-refractivity contribution is 5.77. The van der Waals surface area contributed by atoms with Crippen molar-refractivity contribution >= 4 is 23.1 Å². The number of nitrogens with two attached hydrogens (primary N) is 1. The summed E-state index contributed by atoms with van der Waals surface area (Å²) >= 11 is 0. The van der Waals surface area contributed by atoms with Gasteiger partial charge < -0.3 is 25.6 Å². The van der Waals surface area contributed by atoms with Gasteiger partial charge in [0, 0.05) is 37.9 Å². The molecule has 10 heteroatoms. The van der Waals surface area contributed by atoms with E-state index >= 15 is 0 Å². The van der Waals surface area contributed by atoms with Crippen molar-refractivity contribution in [1.29, 1.82) is 0 Å². The predicted molar refractivity (Wildman–Crippen MR) is 125 cm³/mol. The summed E-state index contributed by atoms with van der Waals surface area (Å²) in [4.78, 5) is 20.4. The first kappa shape index (κ1) is 24.1. The van der Waals surface area contributed by atoms with Crippen LogP contribution in [0.15, 0.2) is 42.5 Å². The summed E-state index contributed by atoms with van der Waals surface area (Å²) in [6, 6.07) is 12.8. The van der Waals surface area contributed by atoms with Gasteiger partial charge in [-0.25, -0.2) is 4.98 Å². The number of nitrogens with one attached hydrogen (secondary N) is 1. The fourth-order valence-corrected chi connectivity index (χ4v) is 4.49. The summed E-state index contributed by atoms with van der Waals surface area (Å²) in [6.07, 6.45) is -1.71. The number of benzene rings is 1. The summed E-state index contributed by atoms with van der Waals surface area (Å²) < 4.78 is 44.9. The Labute approximate surface area is 197 Å². The number of hydrogen-bond donors (Lipinski definition) is 2. The Kier molecular flexibility index (Phi) is 7.45. The first-order valence-electron chi connectivity index (χ1n) is 11.6. The number of rotatable bonds is 6. The molecule has 184 valence electrons. The fourth-order valence-electron chi connectivity index (χ4n) is 4.49. The van der Waals surface area contributed by atoms with E-state index in [-0.39, 0.29) is 36.2 Å². The lowest BCUT2D eigenvalue weighted by Gasteiger charge is -2.36.